The van der Waals surface area contributed by atoms with Gasteiger partial charge in [0.05, 0.1) is 14.0 Å². The van der Waals surface area contributed by atoms with Crippen molar-refractivity contribution in [1.82, 2.24) is 4.31 Å². The van der Waals surface area contributed by atoms with Gasteiger partial charge in [-0.2, -0.15) is 4.31 Å². The zero-order valence-corrected chi connectivity index (χ0v) is 14.5. The van der Waals surface area contributed by atoms with Crippen LogP contribution in [-0.2, 0) is 14.8 Å². The second kappa shape index (κ2) is 5.80. The minimum absolute atomic E-state index is 0.0161. The molecule has 1 aliphatic carbocycles. The maximum absolute atomic E-state index is 12.5. The lowest BCUT2D eigenvalue weighted by atomic mass is 10.4. The molecule has 0 radical (unpaired) electrons. The molecule has 5 nitrogen and oxygen atoms in total. The van der Waals surface area contributed by atoms with Gasteiger partial charge in [-0.25, -0.2) is 8.42 Å². The van der Waals surface area contributed by atoms with Crippen LogP contribution in [0.2, 0.25) is 0 Å². The van der Waals surface area contributed by atoms with Crippen LogP contribution in [0.4, 0.5) is 0 Å². The van der Waals surface area contributed by atoms with Crippen LogP contribution in [0.25, 0.3) is 0 Å². The molecule has 0 aromatic carbocycles. The van der Waals surface area contributed by atoms with Crippen LogP contribution in [0, 0.1) is 0 Å². The number of carbonyl (C=O) groups is 1. The molecule has 1 aromatic rings. The minimum atomic E-state index is -3.64. The zero-order chi connectivity index (χ0) is 14.2. The van der Waals surface area contributed by atoms with Gasteiger partial charge in [0, 0.05) is 12.6 Å². The summed E-state index contributed by atoms with van der Waals surface area (Å²) >= 11 is 7.77. The highest BCUT2D eigenvalue weighted by Crippen LogP contribution is 2.39. The van der Waals surface area contributed by atoms with Crippen LogP contribution in [0.1, 0.15) is 19.3 Å². The summed E-state index contributed by atoms with van der Waals surface area (Å²) in [5, 5.41) is 8.72. The Hall–Kier alpha value is 0.0400. The van der Waals surface area contributed by atoms with Crippen LogP contribution in [0.3, 0.4) is 0 Å². The Bertz CT molecular complexity index is 595. The number of hydrogen-bond donors (Lipinski definition) is 1. The van der Waals surface area contributed by atoms with Crippen molar-refractivity contribution in [3.8, 4) is 0 Å². The molecular formula is C10H11Br2NO4S2. The molecule has 1 aromatic heterocycles. The van der Waals surface area contributed by atoms with E-state index in [0.717, 1.165) is 12.8 Å². The molecule has 2 rings (SSSR count). The van der Waals surface area contributed by atoms with E-state index >= 15 is 0 Å². The van der Waals surface area contributed by atoms with E-state index in [1.165, 1.54) is 15.6 Å². The Balaban J connectivity index is 2.29. The number of carboxylic acid groups (broad SMARTS) is 1. The molecule has 1 fully saturated rings. The smallest absolute Gasteiger partial charge is 0.304 e. The molecule has 0 saturated heterocycles. The Kier molecular flexibility index (Phi) is 4.71. The minimum Gasteiger partial charge on any atom is -0.481 e. The van der Waals surface area contributed by atoms with Crippen molar-refractivity contribution in [3.63, 3.8) is 0 Å². The number of nitrogens with zero attached hydrogens (tertiary/aromatic N) is 1. The lowest BCUT2D eigenvalue weighted by molar-refractivity contribution is -0.137. The number of thiophene rings is 1. The maximum atomic E-state index is 12.5. The first kappa shape index (κ1) is 15.4. The molecule has 0 atom stereocenters. The van der Waals surface area contributed by atoms with Gasteiger partial charge in [-0.3, -0.25) is 4.79 Å². The standard InChI is InChI=1S/C10H11Br2NO4S2/c11-8-5-7(10(12)18-8)19(16,17)13(6-1-2-6)4-3-9(14)15/h5-6H,1-4H2,(H,14,15). The summed E-state index contributed by atoms with van der Waals surface area (Å²) in [7, 11) is -3.64. The quantitative estimate of drug-likeness (QED) is 0.749. The molecule has 0 spiro atoms. The normalized spacial score (nSPS) is 15.9. The Morgan fingerprint density at radius 3 is 2.53 bits per heavy atom. The third-order valence-corrected chi connectivity index (χ3v) is 7.42. The number of halogens is 2. The van der Waals surface area contributed by atoms with Crippen LogP contribution in [0.5, 0.6) is 0 Å². The average molecular weight is 433 g/mol. The van der Waals surface area contributed by atoms with E-state index in [1.54, 1.807) is 6.07 Å². The van der Waals surface area contributed by atoms with Gasteiger partial charge in [0.1, 0.15) is 4.90 Å². The molecule has 1 N–H and O–H groups in total. The van der Waals surface area contributed by atoms with E-state index in [1.807, 2.05) is 0 Å². The molecule has 0 aliphatic heterocycles. The summed E-state index contributed by atoms with van der Waals surface area (Å²) in [5.41, 5.74) is 0. The molecule has 0 amide bonds. The molecule has 1 heterocycles. The summed E-state index contributed by atoms with van der Waals surface area (Å²) in [6, 6.07) is 1.48. The predicted molar refractivity (Wildman–Crippen MR) is 78.9 cm³/mol. The summed E-state index contributed by atoms with van der Waals surface area (Å²) in [5.74, 6) is -0.994. The average Bonchev–Trinajstić information content (AvgIpc) is 3.03. The molecule has 19 heavy (non-hydrogen) atoms. The molecule has 1 saturated carbocycles. The molecular weight excluding hydrogens is 422 g/mol. The maximum Gasteiger partial charge on any atom is 0.304 e. The second-order valence-electron chi connectivity index (χ2n) is 4.18. The summed E-state index contributed by atoms with van der Waals surface area (Å²) in [4.78, 5) is 10.8. The monoisotopic (exact) mass is 431 g/mol. The van der Waals surface area contributed by atoms with Crippen LogP contribution >= 0.6 is 43.2 Å². The van der Waals surface area contributed by atoms with Crippen molar-refractivity contribution in [2.24, 2.45) is 0 Å². The Morgan fingerprint density at radius 1 is 1.47 bits per heavy atom. The molecule has 1 aliphatic rings. The lowest BCUT2D eigenvalue weighted by Gasteiger charge is -2.20. The third kappa shape index (κ3) is 3.57. The van der Waals surface area contributed by atoms with E-state index in [9.17, 15) is 13.2 Å². The number of rotatable bonds is 6. The highest BCUT2D eigenvalue weighted by Gasteiger charge is 2.39. The van der Waals surface area contributed by atoms with Gasteiger partial charge in [0.25, 0.3) is 0 Å². The van der Waals surface area contributed by atoms with Crippen LogP contribution < -0.4 is 0 Å². The lowest BCUT2D eigenvalue weighted by Crippen LogP contribution is -2.35. The highest BCUT2D eigenvalue weighted by atomic mass is 79.9. The van der Waals surface area contributed by atoms with Crippen molar-refractivity contribution < 1.29 is 18.3 Å². The van der Waals surface area contributed by atoms with E-state index in [0.29, 0.717) is 7.57 Å². The largest absolute Gasteiger partial charge is 0.481 e. The third-order valence-electron chi connectivity index (χ3n) is 2.71. The molecule has 106 valence electrons. The first-order valence-electron chi connectivity index (χ1n) is 5.51. The topological polar surface area (TPSA) is 74.7 Å². The number of sulfonamides is 1. The Morgan fingerprint density at radius 2 is 2.11 bits per heavy atom. The number of aliphatic carboxylic acids is 1. The summed E-state index contributed by atoms with van der Waals surface area (Å²) in [6.45, 7) is 0.0161. The fourth-order valence-electron chi connectivity index (χ4n) is 1.69. The van der Waals surface area contributed by atoms with Crippen molar-refractivity contribution in [1.29, 1.82) is 0 Å². The van der Waals surface area contributed by atoms with Gasteiger partial charge < -0.3 is 5.11 Å². The van der Waals surface area contributed by atoms with Gasteiger partial charge >= 0.3 is 5.97 Å². The first-order chi connectivity index (χ1) is 8.82. The van der Waals surface area contributed by atoms with Crippen molar-refractivity contribution in [2.75, 3.05) is 6.54 Å². The zero-order valence-electron chi connectivity index (χ0n) is 9.67. The van der Waals surface area contributed by atoms with Crippen molar-refractivity contribution in [3.05, 3.63) is 13.6 Å². The summed E-state index contributed by atoms with van der Waals surface area (Å²) in [6.07, 6.45) is 1.40. The Labute approximate surface area is 131 Å². The van der Waals surface area contributed by atoms with E-state index in [2.05, 4.69) is 31.9 Å². The highest BCUT2D eigenvalue weighted by molar-refractivity contribution is 9.12. The fourth-order valence-corrected chi connectivity index (χ4v) is 7.14. The van der Waals surface area contributed by atoms with Gasteiger partial charge in [0.15, 0.2) is 0 Å². The fraction of sp³-hybridized carbons (Fsp3) is 0.500. The molecule has 9 heteroatoms. The van der Waals surface area contributed by atoms with E-state index < -0.39 is 16.0 Å². The van der Waals surface area contributed by atoms with Gasteiger partial charge in [-0.15, -0.1) is 11.3 Å². The SMILES string of the molecule is O=C(O)CCN(C1CC1)S(=O)(=O)c1cc(Br)sc1Br. The number of hydrogen-bond acceptors (Lipinski definition) is 4. The molecule has 0 bridgehead atoms. The summed E-state index contributed by atoms with van der Waals surface area (Å²) < 4.78 is 27.6. The van der Waals surface area contributed by atoms with Gasteiger partial charge in [0.2, 0.25) is 10.0 Å². The van der Waals surface area contributed by atoms with Crippen LogP contribution in [0.15, 0.2) is 18.5 Å². The van der Waals surface area contributed by atoms with Crippen molar-refractivity contribution >= 4 is 59.2 Å². The first-order valence-corrected chi connectivity index (χ1v) is 9.35. The van der Waals surface area contributed by atoms with Gasteiger partial charge in [-0.05, 0) is 50.8 Å². The van der Waals surface area contributed by atoms with Crippen molar-refractivity contribution in [2.45, 2.75) is 30.2 Å². The van der Waals surface area contributed by atoms with Crippen LogP contribution in [-0.4, -0.2) is 36.4 Å². The second-order valence-corrected chi connectivity index (χ2v) is 9.79. The van der Waals surface area contributed by atoms with Gasteiger partial charge in [-0.1, -0.05) is 0 Å². The van der Waals surface area contributed by atoms with E-state index in [4.69, 9.17) is 5.11 Å². The van der Waals surface area contributed by atoms with E-state index in [-0.39, 0.29) is 23.9 Å². The molecule has 0 unspecified atom stereocenters. The number of carboxylic acids is 1. The predicted octanol–water partition coefficient (Wildman–Crippen LogP) is 2.90.